The first-order valence-corrected chi connectivity index (χ1v) is 6.66. The predicted octanol–water partition coefficient (Wildman–Crippen LogP) is 5.05. The van der Waals surface area contributed by atoms with Crippen LogP contribution < -0.4 is 5.32 Å². The molecule has 0 unspecified atom stereocenters. The number of aromatic nitrogens is 1. The van der Waals surface area contributed by atoms with Crippen LogP contribution >= 0.6 is 23.2 Å². The number of carbonyl (C=O) groups is 1. The summed E-state index contributed by atoms with van der Waals surface area (Å²) in [7, 11) is 0. The van der Waals surface area contributed by atoms with Gasteiger partial charge in [0, 0.05) is 6.20 Å². The van der Waals surface area contributed by atoms with Gasteiger partial charge in [-0.2, -0.15) is 43.9 Å². The number of amides is 1. The van der Waals surface area contributed by atoms with Crippen molar-refractivity contribution in [3.63, 3.8) is 0 Å². The molecule has 3 nitrogen and oxygen atoms in total. The molecule has 0 bridgehead atoms. The van der Waals surface area contributed by atoms with E-state index in [-0.39, 0.29) is 0 Å². The SMILES string of the molecule is O=C(Nc1cccnc1Cl)C(F)(F)C(F)(F)C(F)(F)C(F)(F)C(F)(F)Cl. The molecule has 1 amide bonds. The molecule has 0 aliphatic heterocycles. The third kappa shape index (κ3) is 3.38. The van der Waals surface area contributed by atoms with E-state index in [1.807, 2.05) is 0 Å². The summed E-state index contributed by atoms with van der Waals surface area (Å²) in [5, 5.41) is -6.12. The highest BCUT2D eigenvalue weighted by molar-refractivity contribution is 6.32. The average molecular weight is 441 g/mol. The van der Waals surface area contributed by atoms with E-state index >= 15 is 0 Å². The van der Waals surface area contributed by atoms with Gasteiger partial charge < -0.3 is 5.32 Å². The number of hydrogen-bond donors (Lipinski definition) is 1. The van der Waals surface area contributed by atoms with E-state index in [1.54, 1.807) is 0 Å². The van der Waals surface area contributed by atoms with Gasteiger partial charge in [-0.25, -0.2) is 4.98 Å². The van der Waals surface area contributed by atoms with Gasteiger partial charge in [-0.3, -0.25) is 4.79 Å². The second-order valence-electron chi connectivity index (χ2n) is 4.59. The zero-order chi connectivity index (χ0) is 20.8. The molecule has 0 saturated heterocycles. The van der Waals surface area contributed by atoms with Gasteiger partial charge in [-0.1, -0.05) is 11.6 Å². The van der Waals surface area contributed by atoms with Gasteiger partial charge in [0.25, 0.3) is 0 Å². The molecule has 1 heterocycles. The highest BCUT2D eigenvalue weighted by atomic mass is 35.5. The Morgan fingerprint density at radius 2 is 1.42 bits per heavy atom. The zero-order valence-electron chi connectivity index (χ0n) is 11.6. The van der Waals surface area contributed by atoms with Gasteiger partial charge in [-0.05, 0) is 23.7 Å². The van der Waals surface area contributed by atoms with Crippen molar-refractivity contribution in [2.75, 3.05) is 5.32 Å². The molecule has 26 heavy (non-hydrogen) atoms. The Morgan fingerprint density at radius 1 is 0.923 bits per heavy atom. The lowest BCUT2D eigenvalue weighted by molar-refractivity contribution is -0.381. The van der Waals surface area contributed by atoms with Crippen LogP contribution in [-0.2, 0) is 4.79 Å². The molecule has 1 rings (SSSR count). The minimum Gasteiger partial charge on any atom is -0.318 e. The molecule has 0 spiro atoms. The van der Waals surface area contributed by atoms with Crippen LogP contribution in [0.4, 0.5) is 49.6 Å². The van der Waals surface area contributed by atoms with Crippen molar-refractivity contribution in [1.82, 2.24) is 4.98 Å². The predicted molar refractivity (Wildman–Crippen MR) is 68.5 cm³/mol. The van der Waals surface area contributed by atoms with Gasteiger partial charge in [-0.15, -0.1) is 0 Å². The van der Waals surface area contributed by atoms with E-state index in [4.69, 9.17) is 11.6 Å². The van der Waals surface area contributed by atoms with E-state index in [0.717, 1.165) is 23.6 Å². The van der Waals surface area contributed by atoms with Crippen LogP contribution in [0.5, 0.6) is 0 Å². The molecule has 1 aromatic heterocycles. The highest BCUT2D eigenvalue weighted by Gasteiger charge is 2.87. The molecule has 0 aromatic carbocycles. The monoisotopic (exact) mass is 440 g/mol. The maximum Gasteiger partial charge on any atom is 0.393 e. The van der Waals surface area contributed by atoms with Crippen molar-refractivity contribution in [3.05, 3.63) is 23.5 Å². The Kier molecular flexibility index (Phi) is 5.71. The smallest absolute Gasteiger partial charge is 0.318 e. The zero-order valence-corrected chi connectivity index (χ0v) is 13.1. The summed E-state index contributed by atoms with van der Waals surface area (Å²) in [5.41, 5.74) is -0.868. The fourth-order valence-electron chi connectivity index (χ4n) is 1.40. The fourth-order valence-corrected chi connectivity index (χ4v) is 1.68. The second-order valence-corrected chi connectivity index (χ2v) is 5.42. The highest BCUT2D eigenvalue weighted by Crippen LogP contribution is 2.58. The largest absolute Gasteiger partial charge is 0.393 e. The van der Waals surface area contributed by atoms with Crippen LogP contribution in [0.1, 0.15) is 0 Å². The van der Waals surface area contributed by atoms with Crippen molar-refractivity contribution in [1.29, 1.82) is 0 Å². The maximum atomic E-state index is 13.5. The minimum atomic E-state index is -7.43. The van der Waals surface area contributed by atoms with Crippen LogP contribution in [0.25, 0.3) is 0 Å². The van der Waals surface area contributed by atoms with Crippen molar-refractivity contribution >= 4 is 34.8 Å². The van der Waals surface area contributed by atoms with Crippen molar-refractivity contribution in [2.24, 2.45) is 0 Å². The summed E-state index contributed by atoms with van der Waals surface area (Å²) in [6.07, 6.45) is 0.960. The number of nitrogens with zero attached hydrogens (tertiary/aromatic N) is 1. The summed E-state index contributed by atoms with van der Waals surface area (Å²) >= 11 is 8.94. The van der Waals surface area contributed by atoms with Crippen LogP contribution in [0.3, 0.4) is 0 Å². The van der Waals surface area contributed by atoms with E-state index in [0.29, 0.717) is 0 Å². The lowest BCUT2D eigenvalue weighted by Gasteiger charge is -2.37. The summed E-state index contributed by atoms with van der Waals surface area (Å²) in [6.45, 7) is 0. The average Bonchev–Trinajstić information content (AvgIpc) is 2.47. The number of alkyl halides is 11. The first-order valence-electron chi connectivity index (χ1n) is 5.91. The van der Waals surface area contributed by atoms with Crippen LogP contribution in [0.2, 0.25) is 5.15 Å². The van der Waals surface area contributed by atoms with Gasteiger partial charge in [0.05, 0.1) is 5.69 Å². The van der Waals surface area contributed by atoms with E-state index in [2.05, 4.69) is 16.6 Å². The summed E-state index contributed by atoms with van der Waals surface area (Å²) < 4.78 is 131. The van der Waals surface area contributed by atoms with Gasteiger partial charge >= 0.3 is 35.0 Å². The molecule has 1 N–H and O–H groups in total. The van der Waals surface area contributed by atoms with Gasteiger partial charge in [0.2, 0.25) is 0 Å². The standard InChI is InChI=1S/C11H4Cl2F10N2O/c12-5-4(2-1-3-24-5)25-6(26)7(14,15)8(16,17)9(18,19)10(20,21)11(13,22)23/h1-3H,(H,25,26). The summed E-state index contributed by atoms with van der Waals surface area (Å²) in [5.74, 6) is -31.7. The third-order valence-corrected chi connectivity index (χ3v) is 3.37. The molecular weight excluding hydrogens is 437 g/mol. The first kappa shape index (κ1) is 22.5. The number of rotatable bonds is 6. The topological polar surface area (TPSA) is 42.0 Å². The van der Waals surface area contributed by atoms with Gasteiger partial charge in [0.1, 0.15) is 0 Å². The van der Waals surface area contributed by atoms with E-state index in [9.17, 15) is 48.7 Å². The number of anilines is 1. The molecule has 0 fully saturated rings. The molecule has 0 atom stereocenters. The molecular formula is C11H4Cl2F10N2O. The van der Waals surface area contributed by atoms with E-state index < -0.39 is 45.8 Å². The third-order valence-electron chi connectivity index (χ3n) is 2.83. The number of halogens is 12. The van der Waals surface area contributed by atoms with Crippen molar-refractivity contribution in [2.45, 2.75) is 29.1 Å². The number of hydrogen-bond acceptors (Lipinski definition) is 2. The maximum absolute atomic E-state index is 13.5. The van der Waals surface area contributed by atoms with E-state index in [1.165, 1.54) is 0 Å². The molecule has 0 aliphatic carbocycles. The van der Waals surface area contributed by atoms with Gasteiger partial charge in [0.15, 0.2) is 5.15 Å². The minimum absolute atomic E-state index is 0.723. The first-order chi connectivity index (χ1) is 11.4. The Bertz CT molecular complexity index is 692. The van der Waals surface area contributed by atoms with Crippen molar-refractivity contribution in [3.8, 4) is 0 Å². The molecule has 0 aliphatic rings. The molecule has 148 valence electrons. The molecule has 15 heteroatoms. The Balaban J connectivity index is 3.31. The lowest BCUT2D eigenvalue weighted by Crippen LogP contribution is -2.68. The lowest BCUT2D eigenvalue weighted by atomic mass is 9.98. The number of carbonyl (C=O) groups excluding carboxylic acids is 1. The quantitative estimate of drug-likeness (QED) is 0.382. The van der Waals surface area contributed by atoms with Crippen LogP contribution in [-0.4, -0.2) is 40.0 Å². The van der Waals surface area contributed by atoms with Crippen molar-refractivity contribution < 1.29 is 48.7 Å². The summed E-state index contributed by atoms with van der Waals surface area (Å²) in [4.78, 5) is 14.5. The summed E-state index contributed by atoms with van der Waals surface area (Å²) in [6, 6.07) is 1.68. The normalized spacial score (nSPS) is 14.3. The number of pyridine rings is 1. The van der Waals surface area contributed by atoms with Crippen LogP contribution in [0, 0.1) is 0 Å². The number of nitrogens with one attached hydrogen (secondary N) is 1. The Morgan fingerprint density at radius 3 is 1.85 bits per heavy atom. The Labute approximate surface area is 147 Å². The second kappa shape index (κ2) is 6.59. The fraction of sp³-hybridized carbons (Fsp3) is 0.455. The van der Waals surface area contributed by atoms with Crippen LogP contribution in [0.15, 0.2) is 18.3 Å². The molecule has 0 radical (unpaired) electrons. The molecule has 0 saturated carbocycles. The molecule has 1 aromatic rings. The Hall–Kier alpha value is -1.50.